The molecule has 0 bridgehead atoms. The fraction of sp³-hybridized carbons (Fsp3) is 0.0200. The highest BCUT2D eigenvalue weighted by Gasteiger charge is 2.16. The Kier molecular flexibility index (Phi) is 7.36. The molecule has 0 fully saturated rings. The van der Waals surface area contributed by atoms with Crippen LogP contribution in [0.4, 0.5) is 0 Å². The summed E-state index contributed by atoms with van der Waals surface area (Å²) in [5.74, 6) is 0.621. The van der Waals surface area contributed by atoms with Crippen molar-refractivity contribution in [2.75, 3.05) is 0 Å². The summed E-state index contributed by atoms with van der Waals surface area (Å²) >= 11 is 0. The molecule has 2 heterocycles. The maximum absolute atomic E-state index is 6.31. The third-order valence-electron chi connectivity index (χ3n) is 10.3. The standard InChI is InChI=1S/C50H34N2O/c1-33-11-10-12-37(31-33)38-27-30-46-49(32-38)53-50(51-46)36-23-21-34(22-24-36)40-13-2-4-15-42(40)43-16-5-3-14-41(43)35-25-28-39(29-26-35)52-47-19-8-6-17-44(47)45-18-7-9-20-48(45)52/h2-32H,1H3. The Morgan fingerprint density at radius 2 is 0.925 bits per heavy atom. The molecule has 0 amide bonds. The van der Waals surface area contributed by atoms with E-state index in [1.165, 1.54) is 60.8 Å². The van der Waals surface area contributed by atoms with Gasteiger partial charge in [-0.25, -0.2) is 4.98 Å². The van der Waals surface area contributed by atoms with E-state index in [0.29, 0.717) is 5.89 Å². The maximum Gasteiger partial charge on any atom is 0.227 e. The lowest BCUT2D eigenvalue weighted by Crippen LogP contribution is -1.94. The predicted molar refractivity (Wildman–Crippen MR) is 220 cm³/mol. The van der Waals surface area contributed by atoms with Crippen molar-refractivity contribution in [3.8, 4) is 61.6 Å². The molecule has 53 heavy (non-hydrogen) atoms. The molecule has 0 aliphatic carbocycles. The maximum atomic E-state index is 6.31. The lowest BCUT2D eigenvalue weighted by atomic mass is 9.89. The SMILES string of the molecule is Cc1cccc(-c2ccc3nc(-c4ccc(-c5ccccc5-c5ccccc5-c5ccc(-n6c7ccccc7c7ccccc76)cc5)cc4)oc3c2)c1. The molecule has 2 aromatic heterocycles. The molecule has 0 spiro atoms. The van der Waals surface area contributed by atoms with Gasteiger partial charge < -0.3 is 8.98 Å². The Morgan fingerprint density at radius 1 is 0.415 bits per heavy atom. The molecule has 3 nitrogen and oxygen atoms in total. The molecule has 0 saturated carbocycles. The Morgan fingerprint density at radius 3 is 1.55 bits per heavy atom. The van der Waals surface area contributed by atoms with Crippen molar-refractivity contribution < 1.29 is 4.42 Å². The molecular formula is C50H34N2O. The van der Waals surface area contributed by atoms with E-state index in [-0.39, 0.29) is 0 Å². The van der Waals surface area contributed by atoms with Gasteiger partial charge >= 0.3 is 0 Å². The second-order valence-electron chi connectivity index (χ2n) is 13.7. The van der Waals surface area contributed by atoms with Crippen LogP contribution in [0.5, 0.6) is 0 Å². The van der Waals surface area contributed by atoms with E-state index in [1.54, 1.807) is 0 Å². The fourth-order valence-electron chi connectivity index (χ4n) is 7.77. The highest BCUT2D eigenvalue weighted by molar-refractivity contribution is 6.09. The Hall–Kier alpha value is -6.97. The number of benzene rings is 8. The second-order valence-corrected chi connectivity index (χ2v) is 13.7. The predicted octanol–water partition coefficient (Wildman–Crippen LogP) is 13.6. The molecule has 0 atom stereocenters. The van der Waals surface area contributed by atoms with E-state index in [1.807, 2.05) is 6.07 Å². The van der Waals surface area contributed by atoms with E-state index in [2.05, 4.69) is 193 Å². The van der Waals surface area contributed by atoms with Gasteiger partial charge in [0.2, 0.25) is 5.89 Å². The van der Waals surface area contributed by atoms with Gasteiger partial charge in [0.05, 0.1) is 11.0 Å². The van der Waals surface area contributed by atoms with Crippen LogP contribution in [0, 0.1) is 6.92 Å². The number of para-hydroxylation sites is 2. The summed E-state index contributed by atoms with van der Waals surface area (Å²) in [5, 5.41) is 2.53. The Bertz CT molecular complexity index is 2890. The average Bonchev–Trinajstić information content (AvgIpc) is 3.80. The van der Waals surface area contributed by atoms with Crippen LogP contribution in [0.25, 0.3) is 94.6 Å². The van der Waals surface area contributed by atoms with Gasteiger partial charge in [-0.15, -0.1) is 0 Å². The molecule has 10 aromatic rings. The molecule has 0 unspecified atom stereocenters. The molecule has 0 radical (unpaired) electrons. The number of rotatable bonds is 6. The minimum atomic E-state index is 0.621. The number of hydrogen-bond acceptors (Lipinski definition) is 2. The zero-order valence-electron chi connectivity index (χ0n) is 29.2. The van der Waals surface area contributed by atoms with Crippen LogP contribution in [0.3, 0.4) is 0 Å². The third kappa shape index (κ3) is 5.42. The average molecular weight is 679 g/mol. The van der Waals surface area contributed by atoms with Crippen molar-refractivity contribution >= 4 is 32.9 Å². The summed E-state index contributed by atoms with van der Waals surface area (Å²) in [6, 6.07) is 67.0. The normalized spacial score (nSPS) is 11.5. The number of aromatic nitrogens is 2. The molecule has 0 aliphatic heterocycles. The van der Waals surface area contributed by atoms with Gasteiger partial charge in [-0.2, -0.15) is 0 Å². The largest absolute Gasteiger partial charge is 0.436 e. The van der Waals surface area contributed by atoms with E-state index in [9.17, 15) is 0 Å². The Balaban J connectivity index is 0.978. The van der Waals surface area contributed by atoms with E-state index in [0.717, 1.165) is 33.5 Å². The summed E-state index contributed by atoms with van der Waals surface area (Å²) in [6.07, 6.45) is 0. The summed E-state index contributed by atoms with van der Waals surface area (Å²) in [4.78, 5) is 4.83. The number of hydrogen-bond donors (Lipinski definition) is 0. The molecule has 0 aliphatic rings. The van der Waals surface area contributed by atoms with Crippen LogP contribution >= 0.6 is 0 Å². The molecular weight excluding hydrogens is 645 g/mol. The zero-order valence-corrected chi connectivity index (χ0v) is 29.2. The Labute approximate surface area is 308 Å². The first-order valence-electron chi connectivity index (χ1n) is 18.0. The summed E-state index contributed by atoms with van der Waals surface area (Å²) in [7, 11) is 0. The van der Waals surface area contributed by atoms with Crippen molar-refractivity contribution in [1.82, 2.24) is 9.55 Å². The smallest absolute Gasteiger partial charge is 0.227 e. The zero-order chi connectivity index (χ0) is 35.3. The highest BCUT2D eigenvalue weighted by atomic mass is 16.3. The van der Waals surface area contributed by atoms with Crippen LogP contribution in [0.2, 0.25) is 0 Å². The number of oxazole rings is 1. The number of fused-ring (bicyclic) bond motifs is 4. The van der Waals surface area contributed by atoms with E-state index >= 15 is 0 Å². The van der Waals surface area contributed by atoms with Crippen LogP contribution in [-0.2, 0) is 0 Å². The summed E-state index contributed by atoms with van der Waals surface area (Å²) < 4.78 is 8.68. The van der Waals surface area contributed by atoms with Gasteiger partial charge in [-0.05, 0) is 100.0 Å². The van der Waals surface area contributed by atoms with Gasteiger partial charge in [0.1, 0.15) is 5.52 Å². The van der Waals surface area contributed by atoms with Crippen LogP contribution in [-0.4, -0.2) is 9.55 Å². The van der Waals surface area contributed by atoms with Crippen molar-refractivity contribution in [3.63, 3.8) is 0 Å². The molecule has 3 heteroatoms. The monoisotopic (exact) mass is 678 g/mol. The lowest BCUT2D eigenvalue weighted by Gasteiger charge is -2.15. The highest BCUT2D eigenvalue weighted by Crippen LogP contribution is 2.40. The topological polar surface area (TPSA) is 31.0 Å². The first-order chi connectivity index (χ1) is 26.2. The van der Waals surface area contributed by atoms with Gasteiger partial charge in [0, 0.05) is 22.0 Å². The molecule has 10 rings (SSSR count). The summed E-state index contributed by atoms with van der Waals surface area (Å²) in [6.45, 7) is 2.11. The molecule has 8 aromatic carbocycles. The van der Waals surface area contributed by atoms with Crippen molar-refractivity contribution in [2.45, 2.75) is 6.92 Å². The fourth-order valence-corrected chi connectivity index (χ4v) is 7.77. The molecule has 0 N–H and O–H groups in total. The second kappa shape index (κ2) is 12.7. The van der Waals surface area contributed by atoms with E-state index < -0.39 is 0 Å². The lowest BCUT2D eigenvalue weighted by molar-refractivity contribution is 0.620. The molecule has 0 saturated heterocycles. The summed E-state index contributed by atoms with van der Waals surface area (Å²) in [5.41, 5.74) is 16.8. The van der Waals surface area contributed by atoms with Gasteiger partial charge in [-0.1, -0.05) is 145 Å². The van der Waals surface area contributed by atoms with Crippen LogP contribution in [0.1, 0.15) is 5.56 Å². The van der Waals surface area contributed by atoms with Gasteiger partial charge in [0.15, 0.2) is 5.58 Å². The quantitative estimate of drug-likeness (QED) is 0.175. The number of aryl methyl sites for hydroxylation is 1. The third-order valence-corrected chi connectivity index (χ3v) is 10.3. The van der Waals surface area contributed by atoms with Crippen molar-refractivity contribution in [2.24, 2.45) is 0 Å². The molecule has 250 valence electrons. The van der Waals surface area contributed by atoms with Gasteiger partial charge in [-0.3, -0.25) is 0 Å². The minimum absolute atomic E-state index is 0.621. The minimum Gasteiger partial charge on any atom is -0.436 e. The first kappa shape index (κ1) is 30.8. The van der Waals surface area contributed by atoms with Crippen molar-refractivity contribution in [1.29, 1.82) is 0 Å². The van der Waals surface area contributed by atoms with Crippen LogP contribution in [0.15, 0.2) is 192 Å². The van der Waals surface area contributed by atoms with Crippen LogP contribution < -0.4 is 0 Å². The first-order valence-corrected chi connectivity index (χ1v) is 18.0. The van der Waals surface area contributed by atoms with Crippen molar-refractivity contribution in [3.05, 3.63) is 194 Å². The van der Waals surface area contributed by atoms with E-state index in [4.69, 9.17) is 9.40 Å². The van der Waals surface area contributed by atoms with Gasteiger partial charge in [0.25, 0.3) is 0 Å². The number of nitrogens with zero attached hydrogens (tertiary/aromatic N) is 2.